The SMILES string of the molecule is Cc1cnc2c(Br)cccn12. The summed E-state index contributed by atoms with van der Waals surface area (Å²) in [4.78, 5) is 4.23. The zero-order valence-corrected chi connectivity index (χ0v) is 7.67. The molecule has 0 aliphatic carbocycles. The number of nitrogens with zero attached hydrogens (tertiary/aromatic N) is 2. The fourth-order valence-corrected chi connectivity index (χ4v) is 1.55. The molecule has 0 saturated heterocycles. The van der Waals surface area contributed by atoms with E-state index >= 15 is 0 Å². The van der Waals surface area contributed by atoms with Crippen molar-refractivity contribution in [1.29, 1.82) is 0 Å². The van der Waals surface area contributed by atoms with Gasteiger partial charge in [-0.05, 0) is 35.0 Å². The molecule has 0 aliphatic heterocycles. The third-order valence-corrected chi connectivity index (χ3v) is 2.29. The van der Waals surface area contributed by atoms with Gasteiger partial charge in [-0.25, -0.2) is 4.98 Å². The molecule has 2 aromatic heterocycles. The summed E-state index contributed by atoms with van der Waals surface area (Å²) in [6.45, 7) is 2.03. The Morgan fingerprint density at radius 2 is 2.36 bits per heavy atom. The van der Waals surface area contributed by atoms with Gasteiger partial charge in [-0.3, -0.25) is 0 Å². The van der Waals surface area contributed by atoms with E-state index in [1.807, 2.05) is 35.9 Å². The smallest absolute Gasteiger partial charge is 0.151 e. The first kappa shape index (κ1) is 6.85. The second kappa shape index (κ2) is 2.34. The van der Waals surface area contributed by atoms with Gasteiger partial charge < -0.3 is 4.40 Å². The van der Waals surface area contributed by atoms with E-state index in [9.17, 15) is 0 Å². The zero-order chi connectivity index (χ0) is 7.84. The number of hydrogen-bond acceptors (Lipinski definition) is 1. The summed E-state index contributed by atoms with van der Waals surface area (Å²) in [7, 11) is 0. The van der Waals surface area contributed by atoms with Gasteiger partial charge in [-0.1, -0.05) is 0 Å². The maximum atomic E-state index is 4.23. The molecule has 0 spiro atoms. The number of aryl methyl sites for hydroxylation is 1. The Morgan fingerprint density at radius 3 is 3.09 bits per heavy atom. The third kappa shape index (κ3) is 0.959. The summed E-state index contributed by atoms with van der Waals surface area (Å²) in [6.07, 6.45) is 3.86. The molecular formula is C8H7BrN2. The number of hydrogen-bond donors (Lipinski definition) is 0. The van der Waals surface area contributed by atoms with Crippen molar-refractivity contribution < 1.29 is 0 Å². The minimum Gasteiger partial charge on any atom is -0.303 e. The highest BCUT2D eigenvalue weighted by molar-refractivity contribution is 9.10. The van der Waals surface area contributed by atoms with Crippen LogP contribution in [0.25, 0.3) is 5.65 Å². The van der Waals surface area contributed by atoms with Crippen LogP contribution in [0.5, 0.6) is 0 Å². The second-order valence-electron chi connectivity index (χ2n) is 2.45. The van der Waals surface area contributed by atoms with Gasteiger partial charge in [0.25, 0.3) is 0 Å². The van der Waals surface area contributed by atoms with Crippen molar-refractivity contribution in [2.45, 2.75) is 6.92 Å². The van der Waals surface area contributed by atoms with Crippen LogP contribution in [0, 0.1) is 6.92 Å². The van der Waals surface area contributed by atoms with Crippen LogP contribution in [0.2, 0.25) is 0 Å². The van der Waals surface area contributed by atoms with Crippen LogP contribution < -0.4 is 0 Å². The highest BCUT2D eigenvalue weighted by Gasteiger charge is 1.99. The third-order valence-electron chi connectivity index (χ3n) is 1.67. The number of imidazole rings is 1. The molecule has 2 nitrogen and oxygen atoms in total. The van der Waals surface area contributed by atoms with Gasteiger partial charge in [0.05, 0.1) is 4.47 Å². The molecule has 2 heterocycles. The summed E-state index contributed by atoms with van der Waals surface area (Å²) < 4.78 is 3.08. The van der Waals surface area contributed by atoms with Gasteiger partial charge in [-0.15, -0.1) is 0 Å². The highest BCUT2D eigenvalue weighted by atomic mass is 79.9. The Balaban J connectivity index is 2.94. The van der Waals surface area contributed by atoms with Crippen molar-refractivity contribution in [2.24, 2.45) is 0 Å². The minimum absolute atomic E-state index is 0.977. The molecule has 0 atom stereocenters. The maximum absolute atomic E-state index is 4.23. The largest absolute Gasteiger partial charge is 0.303 e. The fraction of sp³-hybridized carbons (Fsp3) is 0.125. The van der Waals surface area contributed by atoms with Crippen LogP contribution in [0.1, 0.15) is 5.69 Å². The summed E-state index contributed by atoms with van der Waals surface area (Å²) >= 11 is 3.43. The van der Waals surface area contributed by atoms with Gasteiger partial charge in [-0.2, -0.15) is 0 Å². The minimum atomic E-state index is 0.977. The first-order valence-corrected chi connectivity index (χ1v) is 4.16. The molecule has 0 unspecified atom stereocenters. The van der Waals surface area contributed by atoms with Crippen LogP contribution in [0.4, 0.5) is 0 Å². The van der Waals surface area contributed by atoms with Crippen molar-refractivity contribution in [3.05, 3.63) is 34.7 Å². The van der Waals surface area contributed by atoms with Crippen LogP contribution in [-0.2, 0) is 0 Å². The molecule has 0 bridgehead atoms. The van der Waals surface area contributed by atoms with Crippen molar-refractivity contribution in [3.8, 4) is 0 Å². The van der Waals surface area contributed by atoms with Crippen molar-refractivity contribution in [2.75, 3.05) is 0 Å². The van der Waals surface area contributed by atoms with Crippen LogP contribution in [0.15, 0.2) is 29.0 Å². The second-order valence-corrected chi connectivity index (χ2v) is 3.30. The quantitative estimate of drug-likeness (QED) is 0.653. The summed E-state index contributed by atoms with van der Waals surface area (Å²) in [5.74, 6) is 0. The Kier molecular flexibility index (Phi) is 1.46. The summed E-state index contributed by atoms with van der Waals surface area (Å²) in [6, 6.07) is 3.98. The van der Waals surface area contributed by atoms with E-state index in [4.69, 9.17) is 0 Å². The van der Waals surface area contributed by atoms with Gasteiger partial charge in [0.2, 0.25) is 0 Å². The van der Waals surface area contributed by atoms with Gasteiger partial charge >= 0.3 is 0 Å². The lowest BCUT2D eigenvalue weighted by Crippen LogP contribution is -1.85. The topological polar surface area (TPSA) is 17.3 Å². The number of fused-ring (bicyclic) bond motifs is 1. The highest BCUT2D eigenvalue weighted by Crippen LogP contribution is 2.16. The number of pyridine rings is 1. The normalized spacial score (nSPS) is 10.7. The standard InChI is InChI=1S/C8H7BrN2/c1-6-5-10-8-7(9)3-2-4-11(6)8/h2-5H,1H3. The Morgan fingerprint density at radius 1 is 1.55 bits per heavy atom. The van der Waals surface area contributed by atoms with Gasteiger partial charge in [0, 0.05) is 18.1 Å². The lowest BCUT2D eigenvalue weighted by Gasteiger charge is -1.95. The zero-order valence-electron chi connectivity index (χ0n) is 6.08. The van der Waals surface area contributed by atoms with E-state index in [-0.39, 0.29) is 0 Å². The fourth-order valence-electron chi connectivity index (χ4n) is 1.10. The molecule has 0 amide bonds. The molecule has 56 valence electrons. The van der Waals surface area contributed by atoms with E-state index in [0.717, 1.165) is 15.8 Å². The van der Waals surface area contributed by atoms with Crippen LogP contribution in [0.3, 0.4) is 0 Å². The van der Waals surface area contributed by atoms with Crippen molar-refractivity contribution in [3.63, 3.8) is 0 Å². The molecule has 0 aromatic carbocycles. The molecule has 2 rings (SSSR count). The van der Waals surface area contributed by atoms with E-state index in [2.05, 4.69) is 20.9 Å². The first-order chi connectivity index (χ1) is 5.29. The summed E-state index contributed by atoms with van der Waals surface area (Å²) in [5, 5.41) is 0. The van der Waals surface area contributed by atoms with Crippen molar-refractivity contribution in [1.82, 2.24) is 9.38 Å². The Hall–Kier alpha value is -0.830. The molecule has 0 N–H and O–H groups in total. The average Bonchev–Trinajstić information content (AvgIpc) is 2.35. The van der Waals surface area contributed by atoms with Crippen LogP contribution in [-0.4, -0.2) is 9.38 Å². The maximum Gasteiger partial charge on any atom is 0.151 e. The number of halogens is 1. The molecule has 0 aliphatic rings. The monoisotopic (exact) mass is 210 g/mol. The van der Waals surface area contributed by atoms with E-state index in [0.29, 0.717) is 0 Å². The molecule has 2 aromatic rings. The molecular weight excluding hydrogens is 204 g/mol. The van der Waals surface area contributed by atoms with Gasteiger partial charge in [0.1, 0.15) is 0 Å². The molecule has 0 fully saturated rings. The predicted octanol–water partition coefficient (Wildman–Crippen LogP) is 2.41. The predicted molar refractivity (Wildman–Crippen MR) is 47.6 cm³/mol. The first-order valence-electron chi connectivity index (χ1n) is 3.37. The molecule has 0 radical (unpaired) electrons. The van der Waals surface area contributed by atoms with Gasteiger partial charge in [0.15, 0.2) is 5.65 Å². The Bertz CT molecular complexity index is 392. The lowest BCUT2D eigenvalue weighted by molar-refractivity contribution is 1.10. The average molecular weight is 211 g/mol. The molecule has 0 saturated carbocycles. The van der Waals surface area contributed by atoms with Crippen LogP contribution >= 0.6 is 15.9 Å². The van der Waals surface area contributed by atoms with E-state index in [1.54, 1.807) is 0 Å². The van der Waals surface area contributed by atoms with E-state index < -0.39 is 0 Å². The molecule has 11 heavy (non-hydrogen) atoms. The summed E-state index contributed by atoms with van der Waals surface area (Å²) in [5.41, 5.74) is 2.13. The number of rotatable bonds is 0. The molecule has 3 heteroatoms. The Labute approximate surface area is 73.0 Å². The van der Waals surface area contributed by atoms with E-state index in [1.165, 1.54) is 0 Å². The lowest BCUT2D eigenvalue weighted by atomic mass is 10.4. The number of aromatic nitrogens is 2. The van der Waals surface area contributed by atoms with Crippen molar-refractivity contribution >= 4 is 21.6 Å².